The summed E-state index contributed by atoms with van der Waals surface area (Å²) in [5.41, 5.74) is 5.69. The molecule has 2 aromatic carbocycles. The predicted octanol–water partition coefficient (Wildman–Crippen LogP) is -0.881. The van der Waals surface area contributed by atoms with Crippen LogP contribution in [0, 0.1) is 17.2 Å². The summed E-state index contributed by atoms with van der Waals surface area (Å²) in [4.78, 5) is 26.2. The lowest BCUT2D eigenvalue weighted by molar-refractivity contribution is -2.00. The molecule has 0 saturated carbocycles. The second-order valence-corrected chi connectivity index (χ2v) is 7.71. The van der Waals surface area contributed by atoms with Crippen molar-refractivity contribution < 1.29 is 47.8 Å². The van der Waals surface area contributed by atoms with Gasteiger partial charge in [0.1, 0.15) is 18.2 Å². The Bertz CT molecular complexity index is 1180. The lowest BCUT2D eigenvalue weighted by atomic mass is 9.91. The number of aromatic nitrogens is 1. The lowest BCUT2D eigenvalue weighted by Gasteiger charge is -2.17. The van der Waals surface area contributed by atoms with E-state index in [1.165, 1.54) is 0 Å². The summed E-state index contributed by atoms with van der Waals surface area (Å²) in [5, 5.41) is 0. The molecule has 1 heterocycles. The van der Waals surface area contributed by atoms with Crippen LogP contribution in [0.4, 0.5) is 0 Å². The molecule has 0 bridgehead atoms. The van der Waals surface area contributed by atoms with Crippen molar-refractivity contribution in [3.63, 3.8) is 0 Å². The van der Waals surface area contributed by atoms with Crippen LogP contribution in [0.15, 0.2) is 54.6 Å². The molecule has 0 unspecified atom stereocenters. The van der Waals surface area contributed by atoms with Crippen LogP contribution in [0.1, 0.15) is 38.9 Å². The number of fused-ring (bicyclic) bond motifs is 3. The van der Waals surface area contributed by atoms with Gasteiger partial charge in [0, 0.05) is 18.1 Å². The van der Waals surface area contributed by atoms with Crippen LogP contribution < -0.4 is 23.2 Å². The topological polar surface area (TPSA) is 139 Å². The molecule has 1 aliphatic rings. The van der Waals surface area contributed by atoms with E-state index in [1.54, 1.807) is 6.92 Å². The zero-order chi connectivity index (χ0) is 23.6. The van der Waals surface area contributed by atoms with Crippen molar-refractivity contribution in [1.29, 1.82) is 0 Å². The number of hydrogen-bond donors (Lipinski definition) is 0. The molecule has 0 atom stereocenters. The van der Waals surface area contributed by atoms with Crippen LogP contribution in [0.3, 0.4) is 0 Å². The number of carbonyl (C=O) groups is 2. The van der Waals surface area contributed by atoms with Crippen molar-refractivity contribution in [2.24, 2.45) is 7.05 Å². The summed E-state index contributed by atoms with van der Waals surface area (Å²) < 4.78 is 41.2. The predicted molar refractivity (Wildman–Crippen MR) is 103 cm³/mol. The average Bonchev–Trinajstić information content (AvgIpc) is 3.03. The second-order valence-electron chi connectivity index (χ2n) is 6.96. The number of esters is 1. The van der Waals surface area contributed by atoms with Crippen molar-refractivity contribution in [3.8, 4) is 22.4 Å². The van der Waals surface area contributed by atoms with Gasteiger partial charge in [-0.05, 0) is 18.6 Å². The Morgan fingerprint density at radius 1 is 0.938 bits per heavy atom. The fourth-order valence-electron chi connectivity index (χ4n) is 3.83. The van der Waals surface area contributed by atoms with E-state index in [9.17, 15) is 9.59 Å². The summed E-state index contributed by atoms with van der Waals surface area (Å²) in [5.74, 6) is -0.461. The van der Waals surface area contributed by atoms with Gasteiger partial charge in [-0.25, -0.2) is 23.4 Å². The highest BCUT2D eigenvalue weighted by atomic mass is 35.7. The van der Waals surface area contributed by atoms with Gasteiger partial charge in [0.2, 0.25) is 11.5 Å². The Morgan fingerprint density at radius 3 is 2.03 bits per heavy atom. The molecule has 9 heteroatoms. The van der Waals surface area contributed by atoms with Gasteiger partial charge < -0.3 is 4.74 Å². The van der Waals surface area contributed by atoms with Crippen molar-refractivity contribution in [2.45, 2.75) is 13.8 Å². The van der Waals surface area contributed by atoms with E-state index >= 15 is 0 Å². The zero-order valence-corrected chi connectivity index (χ0v) is 18.3. The SMILES string of the molecule is CCOC(=O)c1c(-c2ccccc2)c2c([n+](C)c1C)-c1ccccc1C2=O.[O-][Cl+3]([O-])([O-])[O-]. The fraction of sp³-hybridized carbons (Fsp3) is 0.174. The van der Waals surface area contributed by atoms with E-state index in [0.717, 1.165) is 22.5 Å². The quantitative estimate of drug-likeness (QED) is 0.287. The molecule has 1 aliphatic carbocycles. The van der Waals surface area contributed by atoms with E-state index in [1.807, 2.05) is 73.1 Å². The van der Waals surface area contributed by atoms with Gasteiger partial charge >= 0.3 is 5.97 Å². The first-order chi connectivity index (χ1) is 15.1. The molecule has 166 valence electrons. The Hall–Kier alpha value is -3.14. The molecule has 3 aromatic rings. The van der Waals surface area contributed by atoms with Crippen LogP contribution in [0.25, 0.3) is 22.4 Å². The van der Waals surface area contributed by atoms with Gasteiger partial charge in [-0.15, -0.1) is 10.2 Å². The molecule has 0 amide bonds. The number of pyridine rings is 1. The van der Waals surface area contributed by atoms with Gasteiger partial charge in [0.25, 0.3) is 0 Å². The number of ether oxygens (including phenoxy) is 1. The third-order valence-corrected chi connectivity index (χ3v) is 5.13. The fourth-order valence-corrected chi connectivity index (χ4v) is 3.83. The molecule has 0 N–H and O–H groups in total. The molecular formula is C23H20ClNO7. The van der Waals surface area contributed by atoms with Gasteiger partial charge in [-0.1, -0.05) is 48.5 Å². The number of rotatable bonds is 3. The number of halogens is 1. The van der Waals surface area contributed by atoms with Crippen LogP contribution in [-0.4, -0.2) is 18.4 Å². The Labute approximate surface area is 186 Å². The van der Waals surface area contributed by atoms with E-state index in [-0.39, 0.29) is 12.4 Å². The molecular weight excluding hydrogens is 438 g/mol. The van der Waals surface area contributed by atoms with Crippen LogP contribution in [0.5, 0.6) is 0 Å². The number of nitrogens with zero attached hydrogens (tertiary/aromatic N) is 1. The number of ketones is 1. The molecule has 1 aromatic heterocycles. The third-order valence-electron chi connectivity index (χ3n) is 5.13. The number of carbonyl (C=O) groups excluding carboxylic acids is 2. The minimum absolute atomic E-state index is 0.0550. The Morgan fingerprint density at radius 2 is 1.47 bits per heavy atom. The maximum atomic E-state index is 13.3. The van der Waals surface area contributed by atoms with Crippen molar-refractivity contribution in [2.75, 3.05) is 6.61 Å². The maximum absolute atomic E-state index is 13.3. The molecule has 0 aliphatic heterocycles. The molecule has 0 fully saturated rings. The monoisotopic (exact) mass is 457 g/mol. The first-order valence-electron chi connectivity index (χ1n) is 9.61. The summed E-state index contributed by atoms with van der Waals surface area (Å²) >= 11 is 0. The Balaban J connectivity index is 0.000000523. The average molecular weight is 458 g/mol. The second kappa shape index (κ2) is 9.15. The molecule has 32 heavy (non-hydrogen) atoms. The highest BCUT2D eigenvalue weighted by Gasteiger charge is 2.41. The van der Waals surface area contributed by atoms with Crippen molar-refractivity contribution >= 4 is 11.8 Å². The smallest absolute Gasteiger partial charge is 0.345 e. The normalized spacial score (nSPS) is 11.9. The highest BCUT2D eigenvalue weighted by molar-refractivity contribution is 6.25. The van der Waals surface area contributed by atoms with Crippen molar-refractivity contribution in [1.82, 2.24) is 0 Å². The maximum Gasteiger partial charge on any atom is 0.345 e. The summed E-state index contributed by atoms with van der Waals surface area (Å²) in [6.07, 6.45) is 0. The largest absolute Gasteiger partial charge is 0.462 e. The first-order valence-corrected chi connectivity index (χ1v) is 10.8. The van der Waals surface area contributed by atoms with Gasteiger partial charge in [0.15, 0.2) is 5.69 Å². The highest BCUT2D eigenvalue weighted by Crippen LogP contribution is 2.42. The van der Waals surface area contributed by atoms with Gasteiger partial charge in [-0.2, -0.15) is 4.57 Å². The summed E-state index contributed by atoms with van der Waals surface area (Å²) in [6, 6.07) is 17.2. The first kappa shape index (κ1) is 23.5. The Kier molecular flexibility index (Phi) is 6.73. The van der Waals surface area contributed by atoms with E-state index in [0.29, 0.717) is 22.3 Å². The van der Waals surface area contributed by atoms with E-state index in [4.69, 9.17) is 23.4 Å². The van der Waals surface area contributed by atoms with Crippen molar-refractivity contribution in [3.05, 3.63) is 77.0 Å². The molecule has 0 spiro atoms. The summed E-state index contributed by atoms with van der Waals surface area (Å²) in [7, 11) is -3.05. The zero-order valence-electron chi connectivity index (χ0n) is 17.6. The molecule has 0 radical (unpaired) electrons. The van der Waals surface area contributed by atoms with E-state index in [2.05, 4.69) is 0 Å². The number of hydrogen-bond acceptors (Lipinski definition) is 7. The van der Waals surface area contributed by atoms with Crippen LogP contribution in [-0.2, 0) is 11.8 Å². The standard InChI is InChI=1S/C23H20NO3.ClHO4/c1-4-27-23(26)18-14(2)24(3)21-16-12-8-9-13-17(16)22(25)20(21)19(18)15-10-6-5-7-11-15;2-1(3,4)5/h5-13H,4H2,1-3H3;(H,2,3,4,5)/q+1;/p-1. The summed E-state index contributed by atoms with van der Waals surface area (Å²) in [6.45, 7) is 3.95. The van der Waals surface area contributed by atoms with Gasteiger partial charge in [-0.3, -0.25) is 4.79 Å². The minimum Gasteiger partial charge on any atom is -0.462 e. The molecule has 0 saturated heterocycles. The third kappa shape index (κ3) is 4.55. The van der Waals surface area contributed by atoms with E-state index < -0.39 is 16.2 Å². The molecule has 4 rings (SSSR count). The minimum atomic E-state index is -4.94. The lowest BCUT2D eigenvalue weighted by Crippen LogP contribution is -2.68. The number of benzene rings is 2. The molecule has 8 nitrogen and oxygen atoms in total. The van der Waals surface area contributed by atoms with Gasteiger partial charge in [0.05, 0.1) is 12.2 Å². The van der Waals surface area contributed by atoms with Crippen LogP contribution >= 0.6 is 0 Å². The van der Waals surface area contributed by atoms with Crippen LogP contribution in [0.2, 0.25) is 0 Å².